The Morgan fingerprint density at radius 1 is 0.960 bits per heavy atom. The van der Waals surface area contributed by atoms with Crippen molar-refractivity contribution in [3.05, 3.63) is 90.0 Å². The number of fused-ring (bicyclic) bond motifs is 2. The predicted octanol–water partition coefficient (Wildman–Crippen LogP) is 5.77. The van der Waals surface area contributed by atoms with Crippen LogP contribution < -0.4 is 5.32 Å². The summed E-state index contributed by atoms with van der Waals surface area (Å²) in [5.41, 5.74) is 5.48. The molecule has 1 heteroatoms. The zero-order chi connectivity index (χ0) is 17.2. The second-order valence-electron chi connectivity index (χ2n) is 7.23. The smallest absolute Gasteiger partial charge is 0.0298 e. The van der Waals surface area contributed by atoms with Crippen molar-refractivity contribution >= 4 is 16.3 Å². The molecule has 1 nitrogen and oxygen atoms in total. The fraction of sp³-hybridized carbons (Fsp3) is 0.250. The Labute approximate surface area is 150 Å². The number of hydrogen-bond donors (Lipinski definition) is 1. The van der Waals surface area contributed by atoms with Crippen molar-refractivity contribution in [3.63, 3.8) is 0 Å². The highest BCUT2D eigenvalue weighted by Crippen LogP contribution is 2.33. The first-order valence-electron chi connectivity index (χ1n) is 9.19. The predicted molar refractivity (Wildman–Crippen MR) is 108 cm³/mol. The van der Waals surface area contributed by atoms with Crippen molar-refractivity contribution in [2.75, 3.05) is 6.54 Å². The molecule has 0 radical (unpaired) electrons. The van der Waals surface area contributed by atoms with E-state index >= 15 is 0 Å². The van der Waals surface area contributed by atoms with Crippen LogP contribution in [0.4, 0.5) is 0 Å². The van der Waals surface area contributed by atoms with Gasteiger partial charge in [-0.1, -0.05) is 73.3 Å². The molecular weight excluding hydrogens is 302 g/mol. The Morgan fingerprint density at radius 3 is 2.64 bits per heavy atom. The van der Waals surface area contributed by atoms with E-state index in [0.717, 1.165) is 19.4 Å². The normalized spacial score (nSPS) is 18.1. The van der Waals surface area contributed by atoms with Gasteiger partial charge in [-0.15, -0.1) is 0 Å². The minimum Gasteiger partial charge on any atom is -0.310 e. The maximum atomic E-state index is 4.30. The molecule has 126 valence electrons. The van der Waals surface area contributed by atoms with E-state index < -0.39 is 0 Å². The van der Waals surface area contributed by atoms with E-state index in [4.69, 9.17) is 0 Å². The minimum absolute atomic E-state index is 0.344. The molecule has 2 atom stereocenters. The van der Waals surface area contributed by atoms with E-state index in [1.807, 2.05) is 0 Å². The first kappa shape index (κ1) is 16.1. The minimum atomic E-state index is 0.344. The molecule has 0 bridgehead atoms. The molecule has 0 heterocycles. The average molecular weight is 327 g/mol. The molecule has 3 aromatic carbocycles. The van der Waals surface area contributed by atoms with Crippen LogP contribution in [-0.2, 0) is 6.42 Å². The second-order valence-corrected chi connectivity index (χ2v) is 7.23. The lowest BCUT2D eigenvalue weighted by atomic mass is 9.81. The molecule has 1 unspecified atom stereocenters. The third-order valence-corrected chi connectivity index (χ3v) is 5.44. The summed E-state index contributed by atoms with van der Waals surface area (Å²) in [6, 6.07) is 24.3. The molecule has 0 spiro atoms. The Bertz CT molecular complexity index is 903. The summed E-state index contributed by atoms with van der Waals surface area (Å²) in [6.45, 7) is 7.60. The molecule has 0 saturated carbocycles. The van der Waals surface area contributed by atoms with Crippen LogP contribution in [0.15, 0.2) is 73.3 Å². The van der Waals surface area contributed by atoms with E-state index in [1.54, 1.807) is 0 Å². The molecule has 0 aromatic heterocycles. The fourth-order valence-electron chi connectivity index (χ4n) is 4.11. The zero-order valence-electron chi connectivity index (χ0n) is 14.8. The molecule has 3 aromatic rings. The van der Waals surface area contributed by atoms with Crippen molar-refractivity contribution in [2.45, 2.75) is 25.8 Å². The van der Waals surface area contributed by atoms with Crippen LogP contribution in [0.3, 0.4) is 0 Å². The number of nitrogens with one attached hydrogen (secondary N) is 1. The number of benzene rings is 3. The summed E-state index contributed by atoms with van der Waals surface area (Å²) in [7, 11) is 0. The van der Waals surface area contributed by atoms with E-state index in [-0.39, 0.29) is 0 Å². The van der Waals surface area contributed by atoms with Gasteiger partial charge in [-0.25, -0.2) is 0 Å². The van der Waals surface area contributed by atoms with Gasteiger partial charge in [0.1, 0.15) is 0 Å². The summed E-state index contributed by atoms with van der Waals surface area (Å²) < 4.78 is 0. The zero-order valence-corrected chi connectivity index (χ0v) is 14.8. The van der Waals surface area contributed by atoms with Gasteiger partial charge in [0.25, 0.3) is 0 Å². The number of rotatable bonds is 4. The van der Waals surface area contributed by atoms with E-state index in [2.05, 4.69) is 85.5 Å². The first-order valence-corrected chi connectivity index (χ1v) is 9.19. The van der Waals surface area contributed by atoms with Gasteiger partial charge in [0, 0.05) is 6.04 Å². The van der Waals surface area contributed by atoms with Gasteiger partial charge in [-0.05, 0) is 65.3 Å². The van der Waals surface area contributed by atoms with Gasteiger partial charge in [0.15, 0.2) is 0 Å². The Hall–Kier alpha value is -2.38. The highest BCUT2D eigenvalue weighted by molar-refractivity contribution is 5.86. The highest BCUT2D eigenvalue weighted by Gasteiger charge is 2.21. The van der Waals surface area contributed by atoms with Crippen molar-refractivity contribution in [2.24, 2.45) is 5.92 Å². The molecule has 0 fully saturated rings. The van der Waals surface area contributed by atoms with Gasteiger partial charge in [-0.3, -0.25) is 0 Å². The van der Waals surface area contributed by atoms with Crippen molar-refractivity contribution < 1.29 is 0 Å². The van der Waals surface area contributed by atoms with Gasteiger partial charge in [0.05, 0.1) is 0 Å². The molecular formula is C24H25N. The van der Waals surface area contributed by atoms with Gasteiger partial charge < -0.3 is 5.32 Å². The van der Waals surface area contributed by atoms with Crippen molar-refractivity contribution in [3.8, 4) is 0 Å². The monoisotopic (exact) mass is 327 g/mol. The molecule has 1 N–H and O–H groups in total. The summed E-state index contributed by atoms with van der Waals surface area (Å²) in [5, 5.41) is 6.43. The molecule has 25 heavy (non-hydrogen) atoms. The third kappa shape index (κ3) is 3.25. The van der Waals surface area contributed by atoms with Gasteiger partial charge >= 0.3 is 0 Å². The van der Waals surface area contributed by atoms with Crippen LogP contribution in [0.2, 0.25) is 0 Å². The summed E-state index contributed by atoms with van der Waals surface area (Å²) in [5.74, 6) is 0.625. The maximum absolute atomic E-state index is 4.30. The molecule has 4 rings (SSSR count). The van der Waals surface area contributed by atoms with Crippen molar-refractivity contribution in [1.29, 1.82) is 0 Å². The summed E-state index contributed by atoms with van der Waals surface area (Å²) in [6.07, 6.45) is 2.23. The maximum Gasteiger partial charge on any atom is 0.0298 e. The summed E-state index contributed by atoms with van der Waals surface area (Å²) in [4.78, 5) is 0. The molecule has 1 aliphatic carbocycles. The van der Waals surface area contributed by atoms with Crippen molar-refractivity contribution in [1.82, 2.24) is 5.32 Å². The van der Waals surface area contributed by atoms with E-state index in [1.165, 1.54) is 33.0 Å². The number of hydrogen-bond acceptors (Lipinski definition) is 1. The second kappa shape index (κ2) is 6.85. The summed E-state index contributed by atoms with van der Waals surface area (Å²) >= 11 is 0. The van der Waals surface area contributed by atoms with Gasteiger partial charge in [0.2, 0.25) is 0 Å². The largest absolute Gasteiger partial charge is 0.310 e. The first-order chi connectivity index (χ1) is 12.2. The molecule has 0 saturated heterocycles. The van der Waals surface area contributed by atoms with Crippen LogP contribution in [0.5, 0.6) is 0 Å². The van der Waals surface area contributed by atoms with Crippen LogP contribution in [0, 0.1) is 5.92 Å². The lowest BCUT2D eigenvalue weighted by Crippen LogP contribution is -2.29. The lowest BCUT2D eigenvalue weighted by molar-refractivity contribution is 0.442. The quantitative estimate of drug-likeness (QED) is 0.642. The van der Waals surface area contributed by atoms with Crippen LogP contribution in [-0.4, -0.2) is 6.54 Å². The fourth-order valence-corrected chi connectivity index (χ4v) is 4.11. The molecule has 0 aliphatic heterocycles. The van der Waals surface area contributed by atoms with Crippen LogP contribution >= 0.6 is 0 Å². The SMILES string of the molecule is C=C1CC(CN[C@H](C)c2cccc3ccccc23)Cc2ccccc21. The number of allylic oxidation sites excluding steroid dienone is 1. The Morgan fingerprint density at radius 2 is 1.72 bits per heavy atom. The van der Waals surface area contributed by atoms with E-state index in [0.29, 0.717) is 12.0 Å². The lowest BCUT2D eigenvalue weighted by Gasteiger charge is -2.28. The molecule has 0 amide bonds. The van der Waals surface area contributed by atoms with Crippen LogP contribution in [0.25, 0.3) is 16.3 Å². The third-order valence-electron chi connectivity index (χ3n) is 5.44. The Kier molecular flexibility index (Phi) is 4.42. The average Bonchev–Trinajstić information content (AvgIpc) is 2.66. The van der Waals surface area contributed by atoms with Crippen LogP contribution in [0.1, 0.15) is 36.1 Å². The highest BCUT2D eigenvalue weighted by atomic mass is 14.9. The Balaban J connectivity index is 1.47. The molecule has 1 aliphatic rings. The van der Waals surface area contributed by atoms with Gasteiger partial charge in [-0.2, -0.15) is 0 Å². The standard InChI is InChI=1S/C24H25N/c1-17-14-19(15-21-9-4-5-11-22(17)21)16-25-18(2)23-13-7-10-20-8-3-6-12-24(20)23/h3-13,18-19,25H,1,14-16H2,2H3/t18-,19?/m1/s1. The van der Waals surface area contributed by atoms with E-state index in [9.17, 15) is 0 Å². The topological polar surface area (TPSA) is 12.0 Å².